The number of methoxy groups -OCH3 is 1. The lowest BCUT2D eigenvalue weighted by Crippen LogP contribution is -2.64. The van der Waals surface area contributed by atoms with Crippen molar-refractivity contribution in [1.29, 1.82) is 0 Å². The lowest BCUT2D eigenvalue weighted by molar-refractivity contribution is -0.137. The van der Waals surface area contributed by atoms with Gasteiger partial charge in [-0.25, -0.2) is 4.21 Å². The Morgan fingerprint density at radius 2 is 1.96 bits per heavy atom. The fraction of sp³-hybridized carbons (Fsp3) is 0.576. The van der Waals surface area contributed by atoms with Crippen molar-refractivity contribution < 1.29 is 37.1 Å². The number of rotatable bonds is 10. The summed E-state index contributed by atoms with van der Waals surface area (Å²) in [6.07, 6.45) is -1.30. The first-order valence-corrected chi connectivity index (χ1v) is 17.8. The normalized spacial score (nSPS) is 30.5. The summed E-state index contributed by atoms with van der Waals surface area (Å²) >= 11 is 6.64. The maximum Gasteiger partial charge on any atom is 0.393 e. The van der Waals surface area contributed by atoms with E-state index in [9.17, 15) is 23.4 Å². The molecule has 4 aliphatic rings. The van der Waals surface area contributed by atoms with Crippen molar-refractivity contribution in [2.45, 2.75) is 86.8 Å². The van der Waals surface area contributed by atoms with E-state index in [-0.39, 0.29) is 59.9 Å². The molecule has 5 unspecified atom stereocenters. The first-order chi connectivity index (χ1) is 22.0. The molecule has 4 N–H and O–H groups in total. The number of nitrogens with zero attached hydrogens (tertiary/aromatic N) is 3. The standard InChI is InChI=1S/C33H44ClF3N4O5S/c1-20(2)5-7-25(42)15-32(40-19-26(43)13-24(40)18-39-16-23(38)17-39)28-12-22(34)6-9-29(28)41(31(32)44)47(4,45)30-10-8-27(46-3)11-21(30)14-33(35,36)37/h5-8,10-11,23-24,26,28-29,42-43H,4,9,12-19,38H2,1-3H3/b25-7+/t24?,26-,28?,29?,32?,47?/m1/s1. The van der Waals surface area contributed by atoms with Crippen molar-refractivity contribution >= 4 is 33.1 Å². The number of carbonyl (C=O) groups is 1. The number of hydrogen-bond acceptors (Lipinski definition) is 8. The summed E-state index contributed by atoms with van der Waals surface area (Å²) in [5.41, 5.74) is 5.10. The maximum atomic E-state index is 15.3. The van der Waals surface area contributed by atoms with Gasteiger partial charge in [-0.05, 0) is 68.8 Å². The summed E-state index contributed by atoms with van der Waals surface area (Å²) in [5.74, 6) is 2.75. The highest BCUT2D eigenvalue weighted by Gasteiger charge is 2.66. The third kappa shape index (κ3) is 7.11. The summed E-state index contributed by atoms with van der Waals surface area (Å²) < 4.78 is 62.8. The SMILES string of the molecule is C=S(=O)(c1ccc(OC)cc1CC(F)(F)F)N1C(=O)C(C/C(O)=C\C=C(C)C)(N2C[C@H](O)CC2CN2CC(N)C2)C2CC(Cl)=CCC21. The lowest BCUT2D eigenvalue weighted by Gasteiger charge is -2.47. The molecular weight excluding hydrogens is 657 g/mol. The average molecular weight is 701 g/mol. The minimum absolute atomic E-state index is 0.0290. The quantitative estimate of drug-likeness (QED) is 0.189. The average Bonchev–Trinajstić information content (AvgIpc) is 3.44. The van der Waals surface area contributed by atoms with Crippen molar-refractivity contribution in [2.75, 3.05) is 33.3 Å². The highest BCUT2D eigenvalue weighted by Crippen LogP contribution is 2.53. The van der Waals surface area contributed by atoms with Crippen LogP contribution in [0, 0.1) is 5.92 Å². The van der Waals surface area contributed by atoms with Crippen molar-refractivity contribution in [3.8, 4) is 5.75 Å². The molecule has 3 fully saturated rings. The molecule has 9 nitrogen and oxygen atoms in total. The van der Waals surface area contributed by atoms with E-state index in [1.807, 2.05) is 18.7 Å². The highest BCUT2D eigenvalue weighted by molar-refractivity contribution is 7.98. The molecule has 3 aliphatic heterocycles. The van der Waals surface area contributed by atoms with Crippen LogP contribution in [0.2, 0.25) is 0 Å². The van der Waals surface area contributed by atoms with Crippen LogP contribution in [0.3, 0.4) is 0 Å². The van der Waals surface area contributed by atoms with Crippen molar-refractivity contribution in [3.05, 3.63) is 58.4 Å². The number of carbonyl (C=O) groups excluding carboxylic acids is 1. The van der Waals surface area contributed by atoms with E-state index in [1.54, 1.807) is 12.2 Å². The Kier molecular flexibility index (Phi) is 10.2. The van der Waals surface area contributed by atoms with Crippen molar-refractivity contribution in [2.24, 2.45) is 11.7 Å². The molecule has 0 bridgehead atoms. The molecule has 47 heavy (non-hydrogen) atoms. The molecule has 0 saturated carbocycles. The van der Waals surface area contributed by atoms with E-state index in [1.165, 1.54) is 31.4 Å². The minimum Gasteiger partial charge on any atom is -0.512 e. The summed E-state index contributed by atoms with van der Waals surface area (Å²) in [7, 11) is -2.58. The van der Waals surface area contributed by atoms with Crippen LogP contribution >= 0.6 is 11.6 Å². The van der Waals surface area contributed by atoms with Gasteiger partial charge < -0.3 is 20.7 Å². The van der Waals surface area contributed by atoms with E-state index in [0.717, 1.165) is 9.88 Å². The highest BCUT2D eigenvalue weighted by atomic mass is 35.5. The summed E-state index contributed by atoms with van der Waals surface area (Å²) in [5, 5.41) is 22.9. The molecule has 260 valence electrons. The number of fused-ring (bicyclic) bond motifs is 1. The predicted octanol–water partition coefficient (Wildman–Crippen LogP) is 4.15. The molecule has 0 aromatic heterocycles. The van der Waals surface area contributed by atoms with E-state index in [0.29, 0.717) is 31.1 Å². The predicted molar refractivity (Wildman–Crippen MR) is 177 cm³/mol. The molecule has 0 radical (unpaired) electrons. The Hall–Kier alpha value is -2.55. The number of likely N-dealkylation sites (tertiary alicyclic amines) is 2. The smallest absolute Gasteiger partial charge is 0.393 e. The monoisotopic (exact) mass is 700 g/mol. The van der Waals surface area contributed by atoms with Crippen LogP contribution in [0.4, 0.5) is 13.2 Å². The second kappa shape index (κ2) is 13.4. The third-order valence-electron chi connectivity index (χ3n) is 9.68. The van der Waals surface area contributed by atoms with Gasteiger partial charge in [0, 0.05) is 55.6 Å². The van der Waals surface area contributed by atoms with E-state index in [2.05, 4.69) is 10.8 Å². The summed E-state index contributed by atoms with van der Waals surface area (Å²) in [6, 6.07) is 2.80. The van der Waals surface area contributed by atoms with Gasteiger partial charge >= 0.3 is 6.18 Å². The van der Waals surface area contributed by atoms with Gasteiger partial charge in [0.1, 0.15) is 11.3 Å². The number of halogens is 4. The van der Waals surface area contributed by atoms with Gasteiger partial charge in [-0.2, -0.15) is 13.2 Å². The van der Waals surface area contributed by atoms with Gasteiger partial charge in [0.15, 0.2) is 0 Å². The van der Waals surface area contributed by atoms with Crippen LogP contribution in [-0.4, -0.2) is 110 Å². The van der Waals surface area contributed by atoms with Crippen LogP contribution in [0.5, 0.6) is 5.75 Å². The lowest BCUT2D eigenvalue weighted by atomic mass is 9.73. The molecule has 1 aromatic carbocycles. The van der Waals surface area contributed by atoms with Gasteiger partial charge in [-0.3, -0.25) is 18.9 Å². The Balaban J connectivity index is 1.68. The second-order valence-corrected chi connectivity index (χ2v) is 16.1. The molecule has 14 heteroatoms. The number of alkyl halides is 3. The molecule has 1 amide bonds. The Morgan fingerprint density at radius 3 is 2.57 bits per heavy atom. The molecule has 3 heterocycles. The molecule has 3 saturated heterocycles. The van der Waals surface area contributed by atoms with Gasteiger partial charge in [0.05, 0.1) is 46.0 Å². The molecule has 6 atom stereocenters. The number of ether oxygens (including phenoxy) is 1. The fourth-order valence-electron chi connectivity index (χ4n) is 7.75. The fourth-order valence-corrected chi connectivity index (χ4v) is 10.1. The minimum atomic E-state index is -4.64. The van der Waals surface area contributed by atoms with E-state index in [4.69, 9.17) is 22.1 Å². The number of benzene rings is 1. The number of amides is 1. The zero-order chi connectivity index (χ0) is 34.5. The van der Waals surface area contributed by atoms with Gasteiger partial charge in [-0.1, -0.05) is 29.3 Å². The number of β-amino-alcohol motifs (C(OH)–C–C–N with tert-alkyl or cyclic N) is 1. The Labute approximate surface area is 279 Å². The first-order valence-electron chi connectivity index (χ1n) is 15.7. The Bertz CT molecular complexity index is 1570. The van der Waals surface area contributed by atoms with Crippen LogP contribution in [-0.2, 0) is 20.9 Å². The first kappa shape index (κ1) is 35.7. The molecular formula is C33H44ClF3N4O5S. The van der Waals surface area contributed by atoms with Crippen LogP contribution in [0.25, 0.3) is 0 Å². The zero-order valence-electron chi connectivity index (χ0n) is 26.9. The molecule has 1 aliphatic carbocycles. The number of allylic oxidation sites excluding steroid dienone is 4. The summed E-state index contributed by atoms with van der Waals surface area (Å²) in [6.45, 7) is 5.65. The van der Waals surface area contributed by atoms with Crippen LogP contribution in [0.1, 0.15) is 45.1 Å². The largest absolute Gasteiger partial charge is 0.512 e. The number of aliphatic hydroxyl groups excluding tert-OH is 2. The molecule has 5 rings (SSSR count). The number of aliphatic hydroxyl groups is 2. The second-order valence-electron chi connectivity index (χ2n) is 13.5. The van der Waals surface area contributed by atoms with Gasteiger partial charge in [-0.15, -0.1) is 0 Å². The molecule has 1 aromatic rings. The van der Waals surface area contributed by atoms with Crippen molar-refractivity contribution in [1.82, 2.24) is 14.1 Å². The maximum absolute atomic E-state index is 15.3. The number of hydrogen-bond donors (Lipinski definition) is 3. The summed E-state index contributed by atoms with van der Waals surface area (Å²) in [4.78, 5) is 19.1. The van der Waals surface area contributed by atoms with E-state index >= 15 is 9.00 Å². The van der Waals surface area contributed by atoms with Crippen molar-refractivity contribution in [3.63, 3.8) is 0 Å². The third-order valence-corrected chi connectivity index (χ3v) is 12.2. The van der Waals surface area contributed by atoms with E-state index < -0.39 is 51.8 Å². The van der Waals surface area contributed by atoms with Crippen LogP contribution in [0.15, 0.2) is 57.7 Å². The van der Waals surface area contributed by atoms with Gasteiger partial charge in [0.2, 0.25) is 0 Å². The topological polar surface area (TPSA) is 120 Å². The molecule has 0 spiro atoms. The van der Waals surface area contributed by atoms with Crippen LogP contribution < -0.4 is 10.5 Å². The van der Waals surface area contributed by atoms with Gasteiger partial charge in [0.25, 0.3) is 5.91 Å². The number of nitrogens with two attached hydrogens (primary N) is 1. The zero-order valence-corrected chi connectivity index (χ0v) is 28.5. The Morgan fingerprint density at radius 1 is 1.26 bits per heavy atom.